The van der Waals surface area contributed by atoms with E-state index in [0.717, 1.165) is 49.0 Å². The molecule has 7 nitrogen and oxygen atoms in total. The fraction of sp³-hybridized carbons (Fsp3) is 0.435. The summed E-state index contributed by atoms with van der Waals surface area (Å²) in [5.74, 6) is 2.99. The van der Waals surface area contributed by atoms with Crippen LogP contribution in [0.5, 0.6) is 17.2 Å². The summed E-state index contributed by atoms with van der Waals surface area (Å²) >= 11 is 0. The first kappa shape index (κ1) is 23.3. The van der Waals surface area contributed by atoms with E-state index in [9.17, 15) is 0 Å². The van der Waals surface area contributed by atoms with Gasteiger partial charge in [0.15, 0.2) is 17.5 Å². The molecule has 7 heteroatoms. The Morgan fingerprint density at radius 2 is 1.60 bits per heavy atom. The van der Waals surface area contributed by atoms with Crippen LogP contribution in [0, 0.1) is 0 Å². The minimum absolute atomic E-state index is 0.518. The third-order valence-electron chi connectivity index (χ3n) is 4.45. The molecule has 164 valence electrons. The molecule has 0 aromatic heterocycles. The molecule has 30 heavy (non-hydrogen) atoms. The predicted molar refractivity (Wildman–Crippen MR) is 120 cm³/mol. The number of nitrogens with one attached hydrogen (secondary N) is 2. The summed E-state index contributed by atoms with van der Waals surface area (Å²) in [7, 11) is 4.92. The quantitative estimate of drug-likeness (QED) is 0.315. The van der Waals surface area contributed by atoms with Crippen LogP contribution in [0.15, 0.2) is 47.5 Å². The molecule has 2 N–H and O–H groups in total. The number of guanidine groups is 1. The van der Waals surface area contributed by atoms with Crippen LogP contribution in [-0.2, 0) is 17.8 Å². The van der Waals surface area contributed by atoms with Crippen molar-refractivity contribution in [2.24, 2.45) is 4.99 Å². The van der Waals surface area contributed by atoms with E-state index in [1.165, 1.54) is 0 Å². The molecular formula is C23H33N3O4. The summed E-state index contributed by atoms with van der Waals surface area (Å²) in [6.07, 6.45) is 0.910. The SMILES string of the molecule is CCOCCCNC(=NCc1ccc(OC)c(OC)c1)NCc1ccc(OC)cc1. The summed E-state index contributed by atoms with van der Waals surface area (Å²) in [4.78, 5) is 4.72. The first-order valence-corrected chi connectivity index (χ1v) is 10.1. The van der Waals surface area contributed by atoms with Crippen LogP contribution in [0.4, 0.5) is 0 Å². The fourth-order valence-electron chi connectivity index (χ4n) is 2.78. The number of methoxy groups -OCH3 is 3. The van der Waals surface area contributed by atoms with E-state index >= 15 is 0 Å². The maximum absolute atomic E-state index is 5.41. The van der Waals surface area contributed by atoms with Gasteiger partial charge in [-0.2, -0.15) is 0 Å². The van der Waals surface area contributed by atoms with Gasteiger partial charge in [-0.25, -0.2) is 4.99 Å². The summed E-state index contributed by atoms with van der Waals surface area (Å²) < 4.78 is 21.3. The molecule has 0 aliphatic rings. The highest BCUT2D eigenvalue weighted by Gasteiger charge is 2.05. The number of hydrogen-bond acceptors (Lipinski definition) is 5. The lowest BCUT2D eigenvalue weighted by Gasteiger charge is -2.14. The Kier molecular flexibility index (Phi) is 10.4. The smallest absolute Gasteiger partial charge is 0.191 e. The van der Waals surface area contributed by atoms with Gasteiger partial charge < -0.3 is 29.6 Å². The Balaban J connectivity index is 2.01. The lowest BCUT2D eigenvalue weighted by Crippen LogP contribution is -2.37. The minimum atomic E-state index is 0.518. The minimum Gasteiger partial charge on any atom is -0.497 e. The molecule has 0 heterocycles. The standard InChI is InChI=1S/C23H33N3O4/c1-5-30-14-6-13-24-23(25-16-18-7-10-20(27-2)11-8-18)26-17-19-9-12-21(28-3)22(15-19)29-4/h7-12,15H,5-6,13-14,16-17H2,1-4H3,(H2,24,25,26). The van der Waals surface area contributed by atoms with E-state index in [1.807, 2.05) is 49.4 Å². The molecule has 2 rings (SSSR count). The molecule has 0 fully saturated rings. The van der Waals surface area contributed by atoms with E-state index in [-0.39, 0.29) is 0 Å². The maximum atomic E-state index is 5.41. The molecule has 0 amide bonds. The number of hydrogen-bond donors (Lipinski definition) is 2. The highest BCUT2D eigenvalue weighted by atomic mass is 16.5. The average molecular weight is 416 g/mol. The normalized spacial score (nSPS) is 11.1. The van der Waals surface area contributed by atoms with Crippen molar-refractivity contribution in [3.63, 3.8) is 0 Å². The van der Waals surface area contributed by atoms with Crippen LogP contribution in [0.3, 0.4) is 0 Å². The van der Waals surface area contributed by atoms with Crippen molar-refractivity contribution in [1.29, 1.82) is 0 Å². The van der Waals surface area contributed by atoms with Gasteiger partial charge in [0, 0.05) is 26.3 Å². The predicted octanol–water partition coefficient (Wildman–Crippen LogP) is 3.37. The van der Waals surface area contributed by atoms with Gasteiger partial charge in [0.1, 0.15) is 5.75 Å². The topological polar surface area (TPSA) is 73.3 Å². The Labute approximate surface area is 179 Å². The zero-order valence-electron chi connectivity index (χ0n) is 18.4. The number of nitrogens with zero attached hydrogens (tertiary/aromatic N) is 1. The molecule has 0 saturated carbocycles. The van der Waals surface area contributed by atoms with Crippen molar-refractivity contribution in [3.8, 4) is 17.2 Å². The van der Waals surface area contributed by atoms with E-state index in [2.05, 4.69) is 10.6 Å². The van der Waals surface area contributed by atoms with Gasteiger partial charge in [0.25, 0.3) is 0 Å². The van der Waals surface area contributed by atoms with Crippen LogP contribution in [0.2, 0.25) is 0 Å². The molecule has 0 aliphatic carbocycles. The van der Waals surface area contributed by atoms with Gasteiger partial charge in [-0.1, -0.05) is 18.2 Å². The summed E-state index contributed by atoms with van der Waals surface area (Å²) in [5, 5.41) is 6.76. The van der Waals surface area contributed by atoms with Crippen molar-refractivity contribution in [2.75, 3.05) is 41.1 Å². The molecule has 0 radical (unpaired) electrons. The lowest BCUT2D eigenvalue weighted by molar-refractivity contribution is 0.145. The number of benzene rings is 2. The molecule has 2 aromatic carbocycles. The Hall–Kier alpha value is -2.93. The number of aliphatic imine (C=N–C) groups is 1. The molecular weight excluding hydrogens is 382 g/mol. The van der Waals surface area contributed by atoms with Crippen molar-refractivity contribution in [3.05, 3.63) is 53.6 Å². The van der Waals surface area contributed by atoms with Gasteiger partial charge in [-0.05, 0) is 48.7 Å². The van der Waals surface area contributed by atoms with Crippen LogP contribution < -0.4 is 24.8 Å². The van der Waals surface area contributed by atoms with Crippen LogP contribution in [0.25, 0.3) is 0 Å². The molecule has 0 spiro atoms. The highest BCUT2D eigenvalue weighted by Crippen LogP contribution is 2.27. The monoisotopic (exact) mass is 415 g/mol. The molecule has 0 atom stereocenters. The van der Waals surface area contributed by atoms with Crippen LogP contribution in [0.1, 0.15) is 24.5 Å². The van der Waals surface area contributed by atoms with Gasteiger partial charge in [0.2, 0.25) is 0 Å². The van der Waals surface area contributed by atoms with Gasteiger partial charge in [0.05, 0.1) is 27.9 Å². The Morgan fingerprint density at radius 1 is 0.867 bits per heavy atom. The van der Waals surface area contributed by atoms with Crippen LogP contribution in [-0.4, -0.2) is 47.0 Å². The lowest BCUT2D eigenvalue weighted by atomic mass is 10.2. The largest absolute Gasteiger partial charge is 0.497 e. The van der Waals surface area contributed by atoms with Crippen molar-refractivity contribution in [1.82, 2.24) is 10.6 Å². The second-order valence-electron chi connectivity index (χ2n) is 6.53. The zero-order chi connectivity index (χ0) is 21.6. The Morgan fingerprint density at radius 3 is 2.27 bits per heavy atom. The average Bonchev–Trinajstić information content (AvgIpc) is 2.80. The zero-order valence-corrected chi connectivity index (χ0v) is 18.4. The van der Waals surface area contributed by atoms with E-state index in [4.69, 9.17) is 23.9 Å². The van der Waals surface area contributed by atoms with Crippen molar-refractivity contribution >= 4 is 5.96 Å². The van der Waals surface area contributed by atoms with E-state index in [1.54, 1.807) is 21.3 Å². The van der Waals surface area contributed by atoms with Crippen molar-refractivity contribution in [2.45, 2.75) is 26.4 Å². The first-order chi connectivity index (χ1) is 14.7. The third-order valence-corrected chi connectivity index (χ3v) is 4.45. The first-order valence-electron chi connectivity index (χ1n) is 10.1. The third kappa shape index (κ3) is 7.83. The molecule has 0 saturated heterocycles. The summed E-state index contributed by atoms with van der Waals surface area (Å²) in [5.41, 5.74) is 2.18. The second kappa shape index (κ2) is 13.3. The van der Waals surface area contributed by atoms with Gasteiger partial charge >= 0.3 is 0 Å². The summed E-state index contributed by atoms with van der Waals surface area (Å²) in [6.45, 7) is 5.41. The molecule has 0 aliphatic heterocycles. The molecule has 2 aromatic rings. The molecule has 0 bridgehead atoms. The fourth-order valence-corrected chi connectivity index (χ4v) is 2.78. The molecule has 0 unspecified atom stereocenters. The van der Waals surface area contributed by atoms with Crippen LogP contribution >= 0.6 is 0 Å². The van der Waals surface area contributed by atoms with E-state index < -0.39 is 0 Å². The number of rotatable bonds is 12. The maximum Gasteiger partial charge on any atom is 0.191 e. The summed E-state index contributed by atoms with van der Waals surface area (Å²) in [6, 6.07) is 13.8. The Bertz CT molecular complexity index is 779. The van der Waals surface area contributed by atoms with Gasteiger partial charge in [-0.15, -0.1) is 0 Å². The number of ether oxygens (including phenoxy) is 4. The highest BCUT2D eigenvalue weighted by molar-refractivity contribution is 5.79. The van der Waals surface area contributed by atoms with E-state index in [0.29, 0.717) is 24.6 Å². The van der Waals surface area contributed by atoms with Crippen molar-refractivity contribution < 1.29 is 18.9 Å². The van der Waals surface area contributed by atoms with Gasteiger partial charge in [-0.3, -0.25) is 0 Å². The second-order valence-corrected chi connectivity index (χ2v) is 6.53.